The molecule has 1 aliphatic heterocycles. The van der Waals surface area contributed by atoms with E-state index < -0.39 is 0 Å². The Bertz CT molecular complexity index is 409. The molecule has 18 heavy (non-hydrogen) atoms. The quantitative estimate of drug-likeness (QED) is 0.647. The Hall–Kier alpha value is -1.29. The van der Waals surface area contributed by atoms with Crippen molar-refractivity contribution in [1.82, 2.24) is 10.6 Å². The molecule has 0 spiro atoms. The van der Waals surface area contributed by atoms with Crippen molar-refractivity contribution >= 4 is 17.3 Å². The minimum atomic E-state index is 0.261. The van der Waals surface area contributed by atoms with Crippen molar-refractivity contribution in [1.29, 1.82) is 0 Å². The van der Waals surface area contributed by atoms with E-state index in [2.05, 4.69) is 23.6 Å². The van der Waals surface area contributed by atoms with Crippen LogP contribution in [-0.4, -0.2) is 18.3 Å². The Balaban J connectivity index is 1.92. The molecule has 2 N–H and O–H groups in total. The molecule has 1 aliphatic rings. The van der Waals surface area contributed by atoms with E-state index in [-0.39, 0.29) is 6.04 Å². The second-order valence-corrected chi connectivity index (χ2v) is 4.89. The number of unbranched alkanes of at least 4 members (excludes halogenated alkanes) is 1. The highest BCUT2D eigenvalue weighted by molar-refractivity contribution is 7.80. The maximum atomic E-state index is 5.63. The lowest BCUT2D eigenvalue weighted by atomic mass is 10.0. The highest BCUT2D eigenvalue weighted by atomic mass is 32.1. The first-order valence-electron chi connectivity index (χ1n) is 6.57. The van der Waals surface area contributed by atoms with Crippen LogP contribution in [0.2, 0.25) is 0 Å². The Morgan fingerprint density at radius 3 is 3.11 bits per heavy atom. The molecule has 0 bridgehead atoms. The van der Waals surface area contributed by atoms with Crippen LogP contribution in [0.25, 0.3) is 0 Å². The fraction of sp³-hybridized carbons (Fsp3) is 0.500. The van der Waals surface area contributed by atoms with Gasteiger partial charge >= 0.3 is 0 Å². The predicted molar refractivity (Wildman–Crippen MR) is 77.9 cm³/mol. The summed E-state index contributed by atoms with van der Waals surface area (Å²) in [5.74, 6) is 0.970. The van der Waals surface area contributed by atoms with Gasteiger partial charge in [-0.05, 0) is 24.7 Å². The third kappa shape index (κ3) is 3.35. The Labute approximate surface area is 114 Å². The molecule has 1 aromatic rings. The first-order chi connectivity index (χ1) is 8.81. The summed E-state index contributed by atoms with van der Waals surface area (Å²) in [5, 5.41) is 7.36. The lowest BCUT2D eigenvalue weighted by Crippen LogP contribution is -2.39. The van der Waals surface area contributed by atoms with Crippen LogP contribution < -0.4 is 15.4 Å². The first kappa shape index (κ1) is 13.1. The molecule has 98 valence electrons. The summed E-state index contributed by atoms with van der Waals surface area (Å²) in [6.07, 6.45) is 3.27. The lowest BCUT2D eigenvalue weighted by Gasteiger charge is -2.27. The van der Waals surface area contributed by atoms with Crippen LogP contribution in [0.15, 0.2) is 24.3 Å². The number of benzene rings is 1. The topological polar surface area (TPSA) is 33.3 Å². The van der Waals surface area contributed by atoms with Crippen LogP contribution in [0.5, 0.6) is 5.75 Å². The normalized spacial score (nSPS) is 17.5. The maximum absolute atomic E-state index is 5.63. The van der Waals surface area contributed by atoms with Gasteiger partial charge in [-0.25, -0.2) is 0 Å². The van der Waals surface area contributed by atoms with E-state index in [1.165, 1.54) is 12.0 Å². The Morgan fingerprint density at radius 2 is 2.28 bits per heavy atom. The Morgan fingerprint density at radius 1 is 1.44 bits per heavy atom. The largest absolute Gasteiger partial charge is 0.493 e. The zero-order chi connectivity index (χ0) is 12.8. The zero-order valence-corrected chi connectivity index (χ0v) is 11.6. The summed E-state index contributed by atoms with van der Waals surface area (Å²) in [4.78, 5) is 0. The average Bonchev–Trinajstić information content (AvgIpc) is 2.39. The molecular weight excluding hydrogens is 244 g/mol. The number of ether oxygens (including phenoxy) is 1. The number of nitrogens with one attached hydrogen (secondary N) is 2. The molecular formula is C14H20N2OS. The van der Waals surface area contributed by atoms with Crippen molar-refractivity contribution in [3.8, 4) is 5.75 Å². The first-order valence-corrected chi connectivity index (χ1v) is 6.98. The third-order valence-electron chi connectivity index (χ3n) is 3.08. The van der Waals surface area contributed by atoms with E-state index in [9.17, 15) is 0 Å². The van der Waals surface area contributed by atoms with Crippen LogP contribution in [0, 0.1) is 0 Å². The van der Waals surface area contributed by atoms with Crippen LogP contribution in [-0.2, 0) is 0 Å². The minimum Gasteiger partial charge on any atom is -0.493 e. The fourth-order valence-corrected chi connectivity index (χ4v) is 2.32. The molecule has 3 nitrogen and oxygen atoms in total. The maximum Gasteiger partial charge on any atom is 0.166 e. The highest BCUT2D eigenvalue weighted by Gasteiger charge is 2.21. The van der Waals surface area contributed by atoms with Crippen molar-refractivity contribution in [2.75, 3.05) is 13.2 Å². The van der Waals surface area contributed by atoms with Crippen molar-refractivity contribution in [3.05, 3.63) is 29.8 Å². The van der Waals surface area contributed by atoms with E-state index in [0.29, 0.717) is 0 Å². The summed E-state index contributed by atoms with van der Waals surface area (Å²) in [6, 6.07) is 8.41. The molecule has 4 heteroatoms. The number of rotatable bonds is 4. The number of fused-ring (bicyclic) bond motifs is 1. The van der Waals surface area contributed by atoms with E-state index >= 15 is 0 Å². The summed E-state index contributed by atoms with van der Waals surface area (Å²) in [6.45, 7) is 3.85. The van der Waals surface area contributed by atoms with Gasteiger partial charge < -0.3 is 15.4 Å². The lowest BCUT2D eigenvalue weighted by molar-refractivity contribution is 0.262. The molecule has 1 heterocycles. The fourth-order valence-electron chi connectivity index (χ4n) is 2.08. The number of hydrogen-bond acceptors (Lipinski definition) is 2. The molecule has 0 aromatic heterocycles. The summed E-state index contributed by atoms with van der Waals surface area (Å²) >= 11 is 5.31. The van der Waals surface area contributed by atoms with Crippen molar-refractivity contribution in [3.63, 3.8) is 0 Å². The van der Waals surface area contributed by atoms with Gasteiger partial charge in [-0.15, -0.1) is 0 Å². The van der Waals surface area contributed by atoms with Gasteiger partial charge in [-0.2, -0.15) is 0 Å². The van der Waals surface area contributed by atoms with Gasteiger partial charge in [-0.3, -0.25) is 0 Å². The standard InChI is InChI=1S/C14H20N2OS/c1-2-3-9-15-14(18)16-12-8-10-17-13-7-5-4-6-11(12)13/h4-7,12H,2-3,8-10H2,1H3,(H2,15,16,18). The Kier molecular flexibility index (Phi) is 4.81. The van der Waals surface area contributed by atoms with E-state index in [4.69, 9.17) is 17.0 Å². The minimum absolute atomic E-state index is 0.261. The average molecular weight is 264 g/mol. The van der Waals surface area contributed by atoms with Crippen molar-refractivity contribution < 1.29 is 4.74 Å². The van der Waals surface area contributed by atoms with Crippen LogP contribution in [0.3, 0.4) is 0 Å². The molecule has 0 aliphatic carbocycles. The monoisotopic (exact) mass is 264 g/mol. The molecule has 2 rings (SSSR count). The third-order valence-corrected chi connectivity index (χ3v) is 3.34. The zero-order valence-electron chi connectivity index (χ0n) is 10.7. The van der Waals surface area contributed by atoms with Crippen molar-refractivity contribution in [2.24, 2.45) is 0 Å². The summed E-state index contributed by atoms with van der Waals surface area (Å²) < 4.78 is 5.63. The van der Waals surface area contributed by atoms with Gasteiger partial charge in [0.1, 0.15) is 5.75 Å². The molecule has 0 amide bonds. The van der Waals surface area contributed by atoms with Crippen molar-refractivity contribution in [2.45, 2.75) is 32.2 Å². The second-order valence-electron chi connectivity index (χ2n) is 4.48. The molecule has 0 fully saturated rings. The molecule has 1 unspecified atom stereocenters. The summed E-state index contributed by atoms with van der Waals surface area (Å²) in [5.41, 5.74) is 1.20. The van der Waals surface area contributed by atoms with Gasteiger partial charge in [0.05, 0.1) is 12.6 Å². The van der Waals surface area contributed by atoms with Gasteiger partial charge in [0.25, 0.3) is 0 Å². The van der Waals surface area contributed by atoms with Gasteiger partial charge in [-0.1, -0.05) is 31.5 Å². The van der Waals surface area contributed by atoms with Crippen LogP contribution in [0.1, 0.15) is 37.8 Å². The highest BCUT2D eigenvalue weighted by Crippen LogP contribution is 2.31. The van der Waals surface area contributed by atoms with E-state index in [1.807, 2.05) is 18.2 Å². The van der Waals surface area contributed by atoms with Gasteiger partial charge in [0.15, 0.2) is 5.11 Å². The molecule has 1 atom stereocenters. The predicted octanol–water partition coefficient (Wildman–Crippen LogP) is 2.77. The molecule has 0 saturated carbocycles. The smallest absolute Gasteiger partial charge is 0.166 e. The second kappa shape index (κ2) is 6.59. The van der Waals surface area contributed by atoms with E-state index in [1.54, 1.807) is 0 Å². The summed E-state index contributed by atoms with van der Waals surface area (Å²) in [7, 11) is 0. The molecule has 1 aromatic carbocycles. The number of thiocarbonyl (C=S) groups is 1. The molecule has 0 saturated heterocycles. The van der Waals surface area contributed by atoms with Gasteiger partial charge in [0.2, 0.25) is 0 Å². The SMILES string of the molecule is CCCCNC(=S)NC1CCOc2ccccc21. The van der Waals surface area contributed by atoms with Crippen LogP contribution in [0.4, 0.5) is 0 Å². The molecule has 0 radical (unpaired) electrons. The van der Waals surface area contributed by atoms with E-state index in [0.717, 1.165) is 36.9 Å². The van der Waals surface area contributed by atoms with Crippen LogP contribution >= 0.6 is 12.2 Å². The number of hydrogen-bond donors (Lipinski definition) is 2. The number of para-hydroxylation sites is 1. The van der Waals surface area contributed by atoms with Gasteiger partial charge in [0, 0.05) is 18.5 Å².